The molecule has 2 aliphatic rings. The number of carbonyl (C=O) groups is 1. The first kappa shape index (κ1) is 18.4. The fourth-order valence-corrected chi connectivity index (χ4v) is 4.38. The van der Waals surface area contributed by atoms with E-state index in [1.54, 1.807) is 0 Å². The highest BCUT2D eigenvalue weighted by Gasteiger charge is 2.29. The quantitative estimate of drug-likeness (QED) is 0.794. The zero-order valence-electron chi connectivity index (χ0n) is 15.9. The minimum absolute atomic E-state index is 0.396. The highest BCUT2D eigenvalue weighted by atomic mass is 16.2. The Hall–Kier alpha value is -1.36. The van der Waals surface area contributed by atoms with Crippen molar-refractivity contribution in [3.8, 4) is 0 Å². The summed E-state index contributed by atoms with van der Waals surface area (Å²) in [6, 6.07) is 3.00. The summed E-state index contributed by atoms with van der Waals surface area (Å²) in [4.78, 5) is 17.7. The van der Waals surface area contributed by atoms with E-state index in [1.807, 2.05) is 23.1 Å². The van der Waals surface area contributed by atoms with Crippen LogP contribution in [0.3, 0.4) is 0 Å². The fourth-order valence-electron chi connectivity index (χ4n) is 4.38. The average Bonchev–Trinajstić information content (AvgIpc) is 3.14. The molecule has 0 spiro atoms. The molecule has 0 aliphatic carbocycles. The molecule has 1 atom stereocenters. The summed E-state index contributed by atoms with van der Waals surface area (Å²) in [6.07, 6.45) is 11.5. The number of nitrogens with zero attached hydrogens (tertiary/aromatic N) is 4. The van der Waals surface area contributed by atoms with E-state index in [1.165, 1.54) is 19.3 Å². The Labute approximate surface area is 152 Å². The van der Waals surface area contributed by atoms with Crippen molar-refractivity contribution in [2.24, 2.45) is 5.92 Å². The van der Waals surface area contributed by atoms with Gasteiger partial charge in [-0.3, -0.25) is 9.48 Å². The number of aromatic nitrogens is 2. The monoisotopic (exact) mass is 346 g/mol. The molecule has 0 bridgehead atoms. The largest absolute Gasteiger partial charge is 0.340 e. The van der Waals surface area contributed by atoms with Crippen LogP contribution in [-0.2, 0) is 11.3 Å². The predicted octanol–water partition coefficient (Wildman–Crippen LogP) is 3.16. The first-order valence-corrected chi connectivity index (χ1v) is 10.1. The molecular weight excluding hydrogens is 312 g/mol. The van der Waals surface area contributed by atoms with Crippen molar-refractivity contribution in [2.45, 2.75) is 77.4 Å². The van der Waals surface area contributed by atoms with Crippen LogP contribution in [0.2, 0.25) is 0 Å². The number of piperidine rings is 2. The molecule has 5 nitrogen and oxygen atoms in total. The number of carbonyl (C=O) groups excluding carboxylic acids is 1. The Morgan fingerprint density at radius 3 is 2.64 bits per heavy atom. The molecule has 2 fully saturated rings. The average molecular weight is 347 g/mol. The predicted molar refractivity (Wildman–Crippen MR) is 100 cm³/mol. The molecule has 2 aliphatic heterocycles. The van der Waals surface area contributed by atoms with Crippen molar-refractivity contribution >= 4 is 5.91 Å². The molecule has 1 amide bonds. The molecule has 0 unspecified atom stereocenters. The number of hydrogen-bond acceptors (Lipinski definition) is 3. The summed E-state index contributed by atoms with van der Waals surface area (Å²) in [5.41, 5.74) is 0. The molecule has 1 aromatic rings. The molecule has 140 valence electrons. The Kier molecular flexibility index (Phi) is 6.51. The smallest absolute Gasteiger partial charge is 0.223 e. The van der Waals surface area contributed by atoms with Gasteiger partial charge in [0, 0.05) is 44.0 Å². The maximum absolute atomic E-state index is 12.9. The topological polar surface area (TPSA) is 41.4 Å². The molecule has 0 aromatic carbocycles. The third-order valence-corrected chi connectivity index (χ3v) is 6.04. The molecule has 3 rings (SSSR count). The maximum atomic E-state index is 12.9. The van der Waals surface area contributed by atoms with Crippen molar-refractivity contribution in [1.82, 2.24) is 19.6 Å². The molecule has 0 N–H and O–H groups in total. The second-order valence-corrected chi connectivity index (χ2v) is 8.07. The number of aryl methyl sites for hydroxylation is 1. The third-order valence-electron chi connectivity index (χ3n) is 6.04. The lowest BCUT2D eigenvalue weighted by Crippen LogP contribution is -2.45. The molecular formula is C20H34N4O. The van der Waals surface area contributed by atoms with Crippen molar-refractivity contribution in [2.75, 3.05) is 19.6 Å². The van der Waals surface area contributed by atoms with E-state index in [-0.39, 0.29) is 0 Å². The van der Waals surface area contributed by atoms with Crippen LogP contribution in [-0.4, -0.2) is 57.2 Å². The van der Waals surface area contributed by atoms with E-state index in [0.29, 0.717) is 23.9 Å². The molecule has 25 heavy (non-hydrogen) atoms. The standard InChI is InChI=1S/C20H34N4O/c1-17(2)22-13-7-18(8-14-22)16-20(25)24-12-4-3-6-19(24)9-15-23-11-5-10-21-23/h5,10-11,17-19H,3-4,6-9,12-16H2,1-2H3/t19-/m0/s1. The van der Waals surface area contributed by atoms with Crippen LogP contribution in [0.5, 0.6) is 0 Å². The van der Waals surface area contributed by atoms with Crippen LogP contribution in [0.15, 0.2) is 18.5 Å². The third kappa shape index (κ3) is 5.06. The van der Waals surface area contributed by atoms with E-state index in [0.717, 1.165) is 51.9 Å². The first-order valence-electron chi connectivity index (χ1n) is 10.1. The van der Waals surface area contributed by atoms with Crippen LogP contribution >= 0.6 is 0 Å². The first-order chi connectivity index (χ1) is 12.1. The molecule has 3 heterocycles. The molecule has 2 saturated heterocycles. The summed E-state index contributed by atoms with van der Waals surface area (Å²) < 4.78 is 1.99. The maximum Gasteiger partial charge on any atom is 0.223 e. The van der Waals surface area contributed by atoms with Gasteiger partial charge in [0.05, 0.1) is 0 Å². The number of likely N-dealkylation sites (tertiary alicyclic amines) is 2. The number of hydrogen-bond donors (Lipinski definition) is 0. The van der Waals surface area contributed by atoms with Crippen LogP contribution in [0.1, 0.15) is 58.8 Å². The number of rotatable bonds is 6. The van der Waals surface area contributed by atoms with Crippen molar-refractivity contribution in [3.05, 3.63) is 18.5 Å². The van der Waals surface area contributed by atoms with Gasteiger partial charge in [0.2, 0.25) is 5.91 Å². The van der Waals surface area contributed by atoms with E-state index in [4.69, 9.17) is 0 Å². The Morgan fingerprint density at radius 1 is 1.16 bits per heavy atom. The zero-order chi connectivity index (χ0) is 17.6. The van der Waals surface area contributed by atoms with Crippen LogP contribution < -0.4 is 0 Å². The van der Waals surface area contributed by atoms with Gasteiger partial charge in [0.15, 0.2) is 0 Å². The molecule has 5 heteroatoms. The van der Waals surface area contributed by atoms with Crippen LogP contribution in [0.25, 0.3) is 0 Å². The second kappa shape index (κ2) is 8.84. The van der Waals surface area contributed by atoms with Gasteiger partial charge < -0.3 is 9.80 Å². The minimum Gasteiger partial charge on any atom is -0.340 e. The van der Waals surface area contributed by atoms with E-state index in [9.17, 15) is 4.79 Å². The minimum atomic E-state index is 0.396. The summed E-state index contributed by atoms with van der Waals surface area (Å²) in [5.74, 6) is 0.976. The van der Waals surface area contributed by atoms with Gasteiger partial charge in [-0.15, -0.1) is 0 Å². The van der Waals surface area contributed by atoms with Gasteiger partial charge in [-0.05, 0) is 77.4 Å². The van der Waals surface area contributed by atoms with Gasteiger partial charge in [-0.25, -0.2) is 0 Å². The lowest BCUT2D eigenvalue weighted by atomic mass is 9.91. The summed E-state index contributed by atoms with van der Waals surface area (Å²) in [6.45, 7) is 8.70. The van der Waals surface area contributed by atoms with E-state index in [2.05, 4.69) is 28.7 Å². The Morgan fingerprint density at radius 2 is 1.96 bits per heavy atom. The second-order valence-electron chi connectivity index (χ2n) is 8.07. The summed E-state index contributed by atoms with van der Waals surface area (Å²) in [5, 5.41) is 4.29. The van der Waals surface area contributed by atoms with Gasteiger partial charge in [0.1, 0.15) is 0 Å². The lowest BCUT2D eigenvalue weighted by Gasteiger charge is -2.38. The lowest BCUT2D eigenvalue weighted by molar-refractivity contribution is -0.136. The fraction of sp³-hybridized carbons (Fsp3) is 0.800. The zero-order valence-corrected chi connectivity index (χ0v) is 15.9. The highest BCUT2D eigenvalue weighted by molar-refractivity contribution is 5.77. The normalized spacial score (nSPS) is 23.3. The summed E-state index contributed by atoms with van der Waals surface area (Å²) >= 11 is 0. The van der Waals surface area contributed by atoms with Gasteiger partial charge in [0.25, 0.3) is 0 Å². The Bertz CT molecular complexity index is 520. The SMILES string of the molecule is CC(C)N1CCC(CC(=O)N2CCCC[C@H]2CCn2cccn2)CC1. The van der Waals surface area contributed by atoms with Gasteiger partial charge in [-0.1, -0.05) is 0 Å². The van der Waals surface area contributed by atoms with Gasteiger partial charge in [-0.2, -0.15) is 5.10 Å². The Balaban J connectivity index is 1.49. The van der Waals surface area contributed by atoms with Gasteiger partial charge >= 0.3 is 0 Å². The van der Waals surface area contributed by atoms with Crippen molar-refractivity contribution in [1.29, 1.82) is 0 Å². The molecule has 0 radical (unpaired) electrons. The van der Waals surface area contributed by atoms with Crippen LogP contribution in [0, 0.1) is 5.92 Å². The van der Waals surface area contributed by atoms with Crippen molar-refractivity contribution < 1.29 is 4.79 Å². The number of amides is 1. The van der Waals surface area contributed by atoms with E-state index >= 15 is 0 Å². The van der Waals surface area contributed by atoms with Crippen molar-refractivity contribution in [3.63, 3.8) is 0 Å². The van der Waals surface area contributed by atoms with Crippen LogP contribution in [0.4, 0.5) is 0 Å². The molecule has 0 saturated carbocycles. The van der Waals surface area contributed by atoms with E-state index < -0.39 is 0 Å². The summed E-state index contributed by atoms with van der Waals surface area (Å²) in [7, 11) is 0. The highest BCUT2D eigenvalue weighted by Crippen LogP contribution is 2.26. The molecule has 1 aromatic heterocycles.